The number of hydrogen-bond donors (Lipinski definition) is 2. The van der Waals surface area contributed by atoms with E-state index in [0.29, 0.717) is 17.7 Å². The van der Waals surface area contributed by atoms with Gasteiger partial charge >= 0.3 is 12.2 Å². The standard InChI is InChI=1S/C42H46BrF2N3O6/c1-41(2,3)54-40(51)48-26-33(53-35(27-48)42(44,45)25-28-19-22-32(43)23-20-28)24-21-29-13-11-12-18-34(29)46-38(49)37(47-39(50)52-4)36(30-14-7-5-8-15-30)31-16-9-6-10-17-31/h5-20,22-23,33,35-37H,21,24-27H2,1-4H3,(H,46,49)(H,47,50)/t33-,35+,37+/m1/s1. The summed E-state index contributed by atoms with van der Waals surface area (Å²) in [7, 11) is 1.23. The number of anilines is 1. The number of alkyl halides is 2. The number of morpholine rings is 1. The fourth-order valence-electron chi connectivity index (χ4n) is 6.47. The normalized spacial score (nSPS) is 16.7. The summed E-state index contributed by atoms with van der Waals surface area (Å²) in [4.78, 5) is 41.4. The van der Waals surface area contributed by atoms with Gasteiger partial charge < -0.3 is 29.7 Å². The number of aryl methyl sites for hydroxylation is 1. The Balaban J connectivity index is 1.37. The first-order valence-corrected chi connectivity index (χ1v) is 18.6. The molecule has 1 fully saturated rings. The number of nitrogens with zero attached hydrogens (tertiary/aromatic N) is 1. The van der Waals surface area contributed by atoms with Crippen molar-refractivity contribution in [1.82, 2.24) is 10.2 Å². The van der Waals surface area contributed by atoms with E-state index in [1.54, 1.807) is 57.2 Å². The van der Waals surface area contributed by atoms with Gasteiger partial charge in [-0.25, -0.2) is 18.4 Å². The highest BCUT2D eigenvalue weighted by molar-refractivity contribution is 9.10. The smallest absolute Gasteiger partial charge is 0.410 e. The lowest BCUT2D eigenvalue weighted by Gasteiger charge is -2.41. The fraction of sp³-hybridized carbons (Fsp3) is 0.357. The van der Waals surface area contributed by atoms with Crippen molar-refractivity contribution in [2.75, 3.05) is 25.5 Å². The quantitative estimate of drug-likeness (QED) is 0.148. The van der Waals surface area contributed by atoms with E-state index in [4.69, 9.17) is 14.2 Å². The zero-order chi connectivity index (χ0) is 38.9. The second kappa shape index (κ2) is 18.0. The Labute approximate surface area is 323 Å². The minimum atomic E-state index is -3.30. The molecule has 9 nitrogen and oxygen atoms in total. The maximum absolute atomic E-state index is 15.9. The number of alkyl carbamates (subject to hydrolysis) is 1. The molecule has 4 aromatic carbocycles. The molecule has 4 aromatic rings. The van der Waals surface area contributed by atoms with E-state index in [-0.39, 0.29) is 19.5 Å². The van der Waals surface area contributed by atoms with Crippen molar-refractivity contribution in [3.63, 3.8) is 0 Å². The van der Waals surface area contributed by atoms with Crippen LogP contribution in [0, 0.1) is 0 Å². The molecule has 0 spiro atoms. The number of para-hydroxylation sites is 1. The summed E-state index contributed by atoms with van der Waals surface area (Å²) in [5, 5.41) is 5.75. The number of benzene rings is 4. The molecule has 286 valence electrons. The Kier molecular flexibility index (Phi) is 13.5. The van der Waals surface area contributed by atoms with Crippen molar-refractivity contribution < 1.29 is 37.4 Å². The molecule has 2 N–H and O–H groups in total. The van der Waals surface area contributed by atoms with Crippen molar-refractivity contribution >= 4 is 39.7 Å². The van der Waals surface area contributed by atoms with Crippen LogP contribution in [0.1, 0.15) is 55.4 Å². The molecule has 0 bridgehead atoms. The first-order valence-electron chi connectivity index (χ1n) is 17.8. The van der Waals surface area contributed by atoms with Crippen LogP contribution in [0.2, 0.25) is 0 Å². The summed E-state index contributed by atoms with van der Waals surface area (Å²) < 4.78 is 49.2. The lowest BCUT2D eigenvalue weighted by atomic mass is 9.84. The Hall–Kier alpha value is -4.81. The molecular weight excluding hydrogens is 760 g/mol. The number of hydrogen-bond acceptors (Lipinski definition) is 6. The molecule has 3 amide bonds. The Morgan fingerprint density at radius 2 is 1.46 bits per heavy atom. The lowest BCUT2D eigenvalue weighted by molar-refractivity contribution is -0.190. The summed E-state index contributed by atoms with van der Waals surface area (Å²) in [5.74, 6) is -4.35. The van der Waals surface area contributed by atoms with Gasteiger partial charge in [-0.2, -0.15) is 0 Å². The molecule has 12 heteroatoms. The van der Waals surface area contributed by atoms with Gasteiger partial charge in [0.25, 0.3) is 5.92 Å². The predicted octanol–water partition coefficient (Wildman–Crippen LogP) is 8.76. The van der Waals surface area contributed by atoms with Gasteiger partial charge in [0.1, 0.15) is 17.7 Å². The average Bonchev–Trinajstić information content (AvgIpc) is 3.15. The highest BCUT2D eigenvalue weighted by atomic mass is 79.9. The molecular formula is C42H46BrF2N3O6. The van der Waals surface area contributed by atoms with Gasteiger partial charge in [0, 0.05) is 22.5 Å². The van der Waals surface area contributed by atoms with Crippen molar-refractivity contribution in [3.8, 4) is 0 Å². The maximum atomic E-state index is 15.9. The van der Waals surface area contributed by atoms with Gasteiger partial charge in [0.05, 0.1) is 26.3 Å². The van der Waals surface area contributed by atoms with Crippen LogP contribution in [0.3, 0.4) is 0 Å². The Morgan fingerprint density at radius 3 is 2.06 bits per heavy atom. The maximum Gasteiger partial charge on any atom is 0.410 e. The molecule has 1 aliphatic rings. The topological polar surface area (TPSA) is 106 Å². The predicted molar refractivity (Wildman–Crippen MR) is 207 cm³/mol. The first-order chi connectivity index (χ1) is 25.7. The molecule has 0 unspecified atom stereocenters. The second-order valence-corrected chi connectivity index (χ2v) is 15.2. The number of halogens is 3. The minimum Gasteiger partial charge on any atom is -0.453 e. The van der Waals surface area contributed by atoms with Gasteiger partial charge in [-0.3, -0.25) is 4.79 Å². The molecule has 0 saturated carbocycles. The summed E-state index contributed by atoms with van der Waals surface area (Å²) >= 11 is 3.34. The molecule has 1 aliphatic heterocycles. The van der Waals surface area contributed by atoms with Gasteiger partial charge in [-0.15, -0.1) is 0 Å². The summed E-state index contributed by atoms with van der Waals surface area (Å²) in [5.41, 5.74) is 2.43. The number of rotatable bonds is 12. The summed E-state index contributed by atoms with van der Waals surface area (Å²) in [6.07, 6.45) is -3.78. The first kappa shape index (κ1) is 40.4. The monoisotopic (exact) mass is 805 g/mol. The largest absolute Gasteiger partial charge is 0.453 e. The number of amides is 3. The van der Waals surface area contributed by atoms with Crippen LogP contribution in [0.25, 0.3) is 0 Å². The van der Waals surface area contributed by atoms with Gasteiger partial charge in [-0.1, -0.05) is 107 Å². The van der Waals surface area contributed by atoms with Gasteiger partial charge in [0.2, 0.25) is 5.91 Å². The summed E-state index contributed by atoms with van der Waals surface area (Å²) in [6.45, 7) is 4.89. The molecule has 3 atom stereocenters. The molecule has 5 rings (SSSR count). The second-order valence-electron chi connectivity index (χ2n) is 14.3. The highest BCUT2D eigenvalue weighted by Crippen LogP contribution is 2.33. The zero-order valence-corrected chi connectivity index (χ0v) is 32.4. The zero-order valence-electron chi connectivity index (χ0n) is 30.8. The van der Waals surface area contributed by atoms with Crippen LogP contribution in [0.5, 0.6) is 0 Å². The van der Waals surface area contributed by atoms with E-state index in [1.165, 1.54) is 12.0 Å². The Morgan fingerprint density at radius 1 is 0.870 bits per heavy atom. The third-order valence-electron chi connectivity index (χ3n) is 9.05. The van der Waals surface area contributed by atoms with Crippen molar-refractivity contribution in [1.29, 1.82) is 0 Å². The molecule has 0 aromatic heterocycles. The van der Waals surface area contributed by atoms with E-state index in [0.717, 1.165) is 21.2 Å². The van der Waals surface area contributed by atoms with E-state index < -0.39 is 60.2 Å². The Bertz CT molecular complexity index is 1820. The number of methoxy groups -OCH3 is 1. The van der Waals surface area contributed by atoms with Gasteiger partial charge in [0.15, 0.2) is 0 Å². The molecule has 0 radical (unpaired) electrons. The third kappa shape index (κ3) is 11.1. The number of carbonyl (C=O) groups is 3. The van der Waals surface area contributed by atoms with Gasteiger partial charge in [-0.05, 0) is 74.1 Å². The van der Waals surface area contributed by atoms with Crippen LogP contribution >= 0.6 is 15.9 Å². The number of nitrogens with one attached hydrogen (secondary N) is 2. The fourth-order valence-corrected chi connectivity index (χ4v) is 6.73. The molecule has 54 heavy (non-hydrogen) atoms. The number of ether oxygens (including phenoxy) is 3. The van der Waals surface area contributed by atoms with Crippen molar-refractivity contribution in [2.24, 2.45) is 0 Å². The summed E-state index contributed by atoms with van der Waals surface area (Å²) in [6, 6.07) is 31.5. The van der Waals surface area contributed by atoms with E-state index >= 15 is 8.78 Å². The van der Waals surface area contributed by atoms with Crippen molar-refractivity contribution in [2.45, 2.75) is 75.7 Å². The highest BCUT2D eigenvalue weighted by Gasteiger charge is 2.47. The van der Waals surface area contributed by atoms with E-state index in [2.05, 4.69) is 26.6 Å². The van der Waals surface area contributed by atoms with Crippen molar-refractivity contribution in [3.05, 3.63) is 136 Å². The molecule has 1 saturated heterocycles. The van der Waals surface area contributed by atoms with E-state index in [9.17, 15) is 14.4 Å². The van der Waals surface area contributed by atoms with Crippen LogP contribution in [-0.4, -0.2) is 73.0 Å². The van der Waals surface area contributed by atoms with Crippen LogP contribution < -0.4 is 10.6 Å². The minimum absolute atomic E-state index is 0.0509. The third-order valence-corrected chi connectivity index (χ3v) is 9.57. The average molecular weight is 807 g/mol. The van der Waals surface area contributed by atoms with Crippen LogP contribution in [-0.2, 0) is 31.8 Å². The molecule has 1 heterocycles. The molecule has 0 aliphatic carbocycles. The van der Waals surface area contributed by atoms with Crippen LogP contribution in [0.15, 0.2) is 114 Å². The van der Waals surface area contributed by atoms with E-state index in [1.807, 2.05) is 72.8 Å². The lowest BCUT2D eigenvalue weighted by Crippen LogP contribution is -2.57. The SMILES string of the molecule is COC(=O)N[C@H](C(=O)Nc1ccccc1CC[C@@H]1CN(C(=O)OC(C)(C)C)C[C@@H](C(F)(F)Cc2ccc(Br)cc2)O1)C(c1ccccc1)c1ccccc1. The van der Waals surface area contributed by atoms with Crippen LogP contribution in [0.4, 0.5) is 24.1 Å². The number of carbonyl (C=O) groups excluding carboxylic acids is 3.